The maximum atomic E-state index is 13.2. The highest BCUT2D eigenvalue weighted by Crippen LogP contribution is 2.40. The molecule has 4 amide bonds. The summed E-state index contributed by atoms with van der Waals surface area (Å²) in [6, 6.07) is 5.04. The highest BCUT2D eigenvalue weighted by atomic mass is 19.1. The lowest BCUT2D eigenvalue weighted by Gasteiger charge is -2.30. The summed E-state index contributed by atoms with van der Waals surface area (Å²) in [6.07, 6.45) is 3.90. The number of halogens is 1. The van der Waals surface area contributed by atoms with Crippen LogP contribution in [0.5, 0.6) is 0 Å². The number of amides is 4. The second-order valence-corrected chi connectivity index (χ2v) is 6.49. The molecule has 2 aliphatic rings. The molecule has 0 aromatic heterocycles. The Morgan fingerprint density at radius 2 is 1.88 bits per heavy atom. The van der Waals surface area contributed by atoms with E-state index in [1.165, 1.54) is 12.1 Å². The van der Waals surface area contributed by atoms with Gasteiger partial charge in [0, 0.05) is 12.0 Å². The third-order valence-corrected chi connectivity index (χ3v) is 4.89. The molecule has 128 valence electrons. The van der Waals surface area contributed by atoms with Crippen LogP contribution in [-0.2, 0) is 15.0 Å². The number of hydrogen-bond donors (Lipinski definition) is 3. The number of carbonyl (C=O) groups excluding carboxylic acids is 3. The fraction of sp³-hybridized carbons (Fsp3) is 0.471. The lowest BCUT2D eigenvalue weighted by Crippen LogP contribution is -2.42. The van der Waals surface area contributed by atoms with E-state index in [4.69, 9.17) is 0 Å². The first-order valence-electron chi connectivity index (χ1n) is 8.13. The summed E-state index contributed by atoms with van der Waals surface area (Å²) in [6.45, 7) is 0.444. The van der Waals surface area contributed by atoms with Gasteiger partial charge in [-0.05, 0) is 30.5 Å². The van der Waals surface area contributed by atoms with E-state index in [0.717, 1.165) is 31.2 Å². The van der Waals surface area contributed by atoms with Gasteiger partial charge in [0.2, 0.25) is 5.91 Å². The van der Waals surface area contributed by atoms with E-state index >= 15 is 0 Å². The molecular weight excluding hydrogens is 313 g/mol. The smallest absolute Gasteiger partial charge is 0.322 e. The van der Waals surface area contributed by atoms with E-state index in [1.54, 1.807) is 12.1 Å². The van der Waals surface area contributed by atoms with Crippen LogP contribution in [0.4, 0.5) is 9.18 Å². The fourth-order valence-electron chi connectivity index (χ4n) is 3.55. The average Bonchev–Trinajstić information content (AvgIpc) is 3.14. The monoisotopic (exact) mass is 333 g/mol. The number of rotatable bonds is 5. The SMILES string of the molecule is O=C(C[C@@H]1NC(=O)NC1=O)NCC1(c2ccc(F)cc2)CCCC1. The lowest BCUT2D eigenvalue weighted by atomic mass is 9.78. The Morgan fingerprint density at radius 1 is 1.21 bits per heavy atom. The van der Waals surface area contributed by atoms with Gasteiger partial charge in [-0.3, -0.25) is 14.9 Å². The third-order valence-electron chi connectivity index (χ3n) is 4.89. The summed E-state index contributed by atoms with van der Waals surface area (Å²) in [7, 11) is 0. The Bertz CT molecular complexity index is 654. The highest BCUT2D eigenvalue weighted by Gasteiger charge is 2.37. The predicted octanol–water partition coefficient (Wildman–Crippen LogP) is 1.35. The van der Waals surface area contributed by atoms with Crippen LogP contribution in [0.15, 0.2) is 24.3 Å². The van der Waals surface area contributed by atoms with Gasteiger partial charge in [0.25, 0.3) is 5.91 Å². The summed E-state index contributed by atoms with van der Waals surface area (Å²) in [5, 5.41) is 7.39. The number of hydrogen-bond acceptors (Lipinski definition) is 3. The van der Waals surface area contributed by atoms with E-state index in [2.05, 4.69) is 16.0 Å². The van der Waals surface area contributed by atoms with Crippen molar-refractivity contribution in [1.82, 2.24) is 16.0 Å². The second kappa shape index (κ2) is 6.59. The zero-order valence-corrected chi connectivity index (χ0v) is 13.2. The number of benzene rings is 1. The molecule has 1 aliphatic carbocycles. The maximum absolute atomic E-state index is 13.2. The molecule has 3 N–H and O–H groups in total. The molecule has 1 saturated carbocycles. The number of urea groups is 1. The van der Waals surface area contributed by atoms with E-state index in [-0.39, 0.29) is 23.6 Å². The van der Waals surface area contributed by atoms with Crippen molar-refractivity contribution < 1.29 is 18.8 Å². The summed E-state index contributed by atoms with van der Waals surface area (Å²) in [4.78, 5) is 34.7. The van der Waals surface area contributed by atoms with Crippen LogP contribution >= 0.6 is 0 Å². The van der Waals surface area contributed by atoms with Gasteiger partial charge in [-0.15, -0.1) is 0 Å². The average molecular weight is 333 g/mol. The summed E-state index contributed by atoms with van der Waals surface area (Å²) in [5.41, 5.74) is 0.832. The summed E-state index contributed by atoms with van der Waals surface area (Å²) < 4.78 is 13.2. The van der Waals surface area contributed by atoms with Crippen molar-refractivity contribution in [1.29, 1.82) is 0 Å². The van der Waals surface area contributed by atoms with E-state index < -0.39 is 18.0 Å². The standard InChI is InChI=1S/C17H20FN3O3/c18-12-5-3-11(4-6-12)17(7-1-2-8-17)10-19-14(22)9-13-15(23)21-16(24)20-13/h3-6,13H,1-2,7-10H2,(H,19,22)(H2,20,21,23,24)/t13-/m0/s1. The molecule has 2 fully saturated rings. The van der Waals surface area contributed by atoms with Crippen LogP contribution in [-0.4, -0.2) is 30.4 Å². The van der Waals surface area contributed by atoms with Crippen molar-refractivity contribution in [3.8, 4) is 0 Å². The van der Waals surface area contributed by atoms with Crippen LogP contribution in [0, 0.1) is 5.82 Å². The van der Waals surface area contributed by atoms with Gasteiger partial charge in [-0.25, -0.2) is 9.18 Å². The zero-order valence-electron chi connectivity index (χ0n) is 13.2. The van der Waals surface area contributed by atoms with E-state index in [9.17, 15) is 18.8 Å². The largest absolute Gasteiger partial charge is 0.355 e. The van der Waals surface area contributed by atoms with Crippen LogP contribution in [0.2, 0.25) is 0 Å². The molecule has 1 aliphatic heterocycles. The molecule has 0 bridgehead atoms. The second-order valence-electron chi connectivity index (χ2n) is 6.49. The number of imide groups is 1. The number of nitrogens with one attached hydrogen (secondary N) is 3. The first-order chi connectivity index (χ1) is 11.5. The number of carbonyl (C=O) groups is 3. The summed E-state index contributed by atoms with van der Waals surface area (Å²) >= 11 is 0. The summed E-state index contributed by atoms with van der Waals surface area (Å²) in [5.74, 6) is -1.05. The van der Waals surface area contributed by atoms with E-state index in [0.29, 0.717) is 6.54 Å². The molecule has 0 spiro atoms. The van der Waals surface area contributed by atoms with Crippen molar-refractivity contribution in [2.75, 3.05) is 6.54 Å². The molecule has 1 aromatic rings. The Kier molecular flexibility index (Phi) is 4.51. The van der Waals surface area contributed by atoms with Crippen molar-refractivity contribution in [2.24, 2.45) is 0 Å². The Labute approximate surface area is 139 Å². The van der Waals surface area contributed by atoms with Gasteiger partial charge in [0.1, 0.15) is 11.9 Å². The quantitative estimate of drug-likeness (QED) is 0.711. The molecule has 6 nitrogen and oxygen atoms in total. The molecular formula is C17H20FN3O3. The Balaban J connectivity index is 1.62. The van der Waals surface area contributed by atoms with Crippen molar-refractivity contribution >= 4 is 17.8 Å². The van der Waals surface area contributed by atoms with Gasteiger partial charge in [-0.2, -0.15) is 0 Å². The molecule has 3 rings (SSSR count). The van der Waals surface area contributed by atoms with E-state index in [1.807, 2.05) is 0 Å². The zero-order chi connectivity index (χ0) is 17.2. The molecule has 1 saturated heterocycles. The topological polar surface area (TPSA) is 87.3 Å². The third kappa shape index (κ3) is 3.39. The van der Waals surface area contributed by atoms with Gasteiger partial charge in [0.15, 0.2) is 0 Å². The molecule has 0 radical (unpaired) electrons. The fourth-order valence-corrected chi connectivity index (χ4v) is 3.55. The minimum atomic E-state index is -0.817. The van der Waals surface area contributed by atoms with Gasteiger partial charge in [-0.1, -0.05) is 25.0 Å². The Hall–Kier alpha value is -2.44. The van der Waals surface area contributed by atoms with Gasteiger partial charge >= 0.3 is 6.03 Å². The highest BCUT2D eigenvalue weighted by molar-refractivity contribution is 6.05. The molecule has 7 heteroatoms. The van der Waals surface area contributed by atoms with Gasteiger partial charge in [0.05, 0.1) is 6.42 Å². The molecule has 1 aromatic carbocycles. The maximum Gasteiger partial charge on any atom is 0.322 e. The van der Waals surface area contributed by atoms with Gasteiger partial charge < -0.3 is 10.6 Å². The molecule has 0 unspecified atom stereocenters. The van der Waals surface area contributed by atoms with Crippen molar-refractivity contribution in [2.45, 2.75) is 43.6 Å². The molecule has 1 heterocycles. The lowest BCUT2D eigenvalue weighted by molar-refractivity contribution is -0.126. The van der Waals surface area contributed by atoms with Crippen molar-refractivity contribution in [3.63, 3.8) is 0 Å². The molecule has 1 atom stereocenters. The Morgan fingerprint density at radius 3 is 2.46 bits per heavy atom. The van der Waals surface area contributed by atoms with Crippen LogP contribution in [0.3, 0.4) is 0 Å². The minimum Gasteiger partial charge on any atom is -0.355 e. The predicted molar refractivity (Wildman–Crippen MR) is 84.6 cm³/mol. The minimum absolute atomic E-state index is 0.0862. The normalized spacial score (nSPS) is 22.1. The van der Waals surface area contributed by atoms with Crippen LogP contribution < -0.4 is 16.0 Å². The van der Waals surface area contributed by atoms with Crippen molar-refractivity contribution in [3.05, 3.63) is 35.6 Å². The van der Waals surface area contributed by atoms with Crippen LogP contribution in [0.1, 0.15) is 37.7 Å². The first kappa shape index (κ1) is 16.4. The molecule has 24 heavy (non-hydrogen) atoms. The van der Waals surface area contributed by atoms with Crippen LogP contribution in [0.25, 0.3) is 0 Å². The first-order valence-corrected chi connectivity index (χ1v) is 8.13.